The molecule has 9 nitrogen and oxygen atoms in total. The minimum atomic E-state index is -0.607. The highest BCUT2D eigenvalue weighted by Crippen LogP contribution is 2.29. The van der Waals surface area contributed by atoms with Gasteiger partial charge in [-0.3, -0.25) is 14.4 Å². The van der Waals surface area contributed by atoms with E-state index >= 15 is 0 Å². The Morgan fingerprint density at radius 2 is 1.95 bits per heavy atom. The van der Waals surface area contributed by atoms with E-state index in [2.05, 4.69) is 10.2 Å². The molecule has 1 N–H and O–H groups in total. The molecule has 3 aromatic rings. The number of aromatic amines is 1. The van der Waals surface area contributed by atoms with Crippen molar-refractivity contribution in [1.29, 1.82) is 0 Å². The smallest absolute Gasteiger partial charge is 0.272 e. The van der Waals surface area contributed by atoms with Crippen LogP contribution in [0.2, 0.25) is 0 Å². The lowest BCUT2D eigenvalue weighted by molar-refractivity contribution is -0.159. The number of halogens is 1. The van der Waals surface area contributed by atoms with E-state index < -0.39 is 17.8 Å². The standard InChI is InChI=1S/C28H29FN4O5/c1-32(28(36)25-9-10-37-25)17-14-33(15-17)27(35)22-11-16(5-8-23(22)29)12-24-21-13-19(38-18-3-2-4-18)6-7-20(21)26(34)31-30-24/h5-8,11,13,17-18,25H,2-4,9-10,12,14-15H2,1H3,(H,31,34)/t25-/m0/s1. The number of H-pyrrole nitrogens is 1. The van der Waals surface area contributed by atoms with E-state index in [0.717, 1.165) is 19.3 Å². The van der Waals surface area contributed by atoms with Gasteiger partial charge in [0.05, 0.1) is 35.4 Å². The normalized spacial score (nSPS) is 19.4. The molecule has 2 saturated heterocycles. The molecule has 0 spiro atoms. The number of hydrogen-bond acceptors (Lipinski definition) is 6. The van der Waals surface area contributed by atoms with Crippen molar-refractivity contribution >= 4 is 22.6 Å². The number of hydrogen-bond donors (Lipinski definition) is 1. The number of aromatic nitrogens is 2. The maximum absolute atomic E-state index is 14.7. The van der Waals surface area contributed by atoms with Gasteiger partial charge in [-0.05, 0) is 55.2 Å². The van der Waals surface area contributed by atoms with Gasteiger partial charge >= 0.3 is 0 Å². The van der Waals surface area contributed by atoms with Crippen LogP contribution in [-0.4, -0.2) is 76.8 Å². The monoisotopic (exact) mass is 520 g/mol. The highest BCUT2D eigenvalue weighted by Gasteiger charge is 2.39. The molecular weight excluding hydrogens is 491 g/mol. The van der Waals surface area contributed by atoms with E-state index in [4.69, 9.17) is 9.47 Å². The van der Waals surface area contributed by atoms with Crippen molar-refractivity contribution < 1.29 is 23.5 Å². The third-order valence-corrected chi connectivity index (χ3v) is 7.85. The minimum Gasteiger partial charge on any atom is -0.490 e. The Kier molecular flexibility index (Phi) is 6.35. The lowest BCUT2D eigenvalue weighted by Gasteiger charge is -2.45. The number of carbonyl (C=O) groups is 2. The van der Waals surface area contributed by atoms with Crippen LogP contribution in [0.1, 0.15) is 47.3 Å². The molecular formula is C28H29FN4O5. The fraction of sp³-hybridized carbons (Fsp3) is 0.429. The number of nitrogens with one attached hydrogen (secondary N) is 1. The quantitative estimate of drug-likeness (QED) is 0.514. The van der Waals surface area contributed by atoms with Crippen LogP contribution >= 0.6 is 0 Å². The highest BCUT2D eigenvalue weighted by atomic mass is 19.1. The number of rotatable bonds is 7. The first-order chi connectivity index (χ1) is 18.4. The zero-order valence-electron chi connectivity index (χ0n) is 21.1. The number of nitrogens with zero attached hydrogens (tertiary/aromatic N) is 3. The Morgan fingerprint density at radius 3 is 2.63 bits per heavy atom. The summed E-state index contributed by atoms with van der Waals surface area (Å²) in [6, 6.07) is 9.66. The van der Waals surface area contributed by atoms with Crippen molar-refractivity contribution in [3.63, 3.8) is 0 Å². The summed E-state index contributed by atoms with van der Waals surface area (Å²) in [6.45, 7) is 1.27. The van der Waals surface area contributed by atoms with Crippen LogP contribution in [0, 0.1) is 5.82 Å². The van der Waals surface area contributed by atoms with Crippen molar-refractivity contribution in [3.05, 3.63) is 69.4 Å². The zero-order valence-corrected chi connectivity index (χ0v) is 21.1. The van der Waals surface area contributed by atoms with Crippen LogP contribution in [0.15, 0.2) is 41.2 Å². The molecule has 198 valence electrons. The summed E-state index contributed by atoms with van der Waals surface area (Å²) in [5.41, 5.74) is 0.965. The van der Waals surface area contributed by atoms with Crippen molar-refractivity contribution in [2.24, 2.45) is 0 Å². The van der Waals surface area contributed by atoms with E-state index in [1.807, 2.05) is 6.07 Å². The first-order valence-electron chi connectivity index (χ1n) is 13.0. The molecule has 0 unspecified atom stereocenters. The van der Waals surface area contributed by atoms with Gasteiger partial charge < -0.3 is 19.3 Å². The van der Waals surface area contributed by atoms with Gasteiger partial charge in [0.25, 0.3) is 17.4 Å². The van der Waals surface area contributed by atoms with Crippen LogP contribution in [-0.2, 0) is 16.0 Å². The van der Waals surface area contributed by atoms with Crippen LogP contribution in [0.5, 0.6) is 5.75 Å². The molecule has 3 fully saturated rings. The fourth-order valence-electron chi connectivity index (χ4n) is 5.00. The third-order valence-electron chi connectivity index (χ3n) is 7.85. The number of fused-ring (bicyclic) bond motifs is 1. The molecule has 2 aromatic carbocycles. The zero-order chi connectivity index (χ0) is 26.4. The van der Waals surface area contributed by atoms with Gasteiger partial charge in [0.2, 0.25) is 0 Å². The topological polar surface area (TPSA) is 105 Å². The van der Waals surface area contributed by atoms with E-state index in [0.29, 0.717) is 60.3 Å². The summed E-state index contributed by atoms with van der Waals surface area (Å²) in [6.07, 6.45) is 4.00. The largest absolute Gasteiger partial charge is 0.490 e. The molecule has 0 radical (unpaired) electrons. The van der Waals surface area contributed by atoms with Crippen molar-refractivity contribution in [2.45, 2.75) is 50.4 Å². The molecule has 3 heterocycles. The summed E-state index contributed by atoms with van der Waals surface area (Å²) in [5.74, 6) is -0.421. The van der Waals surface area contributed by atoms with Crippen LogP contribution in [0.4, 0.5) is 4.39 Å². The molecule has 1 aliphatic carbocycles. The Bertz CT molecular complexity index is 1460. The molecule has 2 aliphatic heterocycles. The number of amides is 2. The lowest BCUT2D eigenvalue weighted by Crippen LogP contribution is -2.63. The molecule has 3 aliphatic rings. The highest BCUT2D eigenvalue weighted by molar-refractivity contribution is 5.95. The SMILES string of the molecule is CN(C(=O)[C@@H]1CCO1)C1CN(C(=O)c2cc(Cc3n[nH]c(=O)c4ccc(OC5CCC5)cc34)ccc2F)C1. The van der Waals surface area contributed by atoms with Crippen molar-refractivity contribution in [2.75, 3.05) is 26.7 Å². The average molecular weight is 521 g/mol. The van der Waals surface area contributed by atoms with Crippen LogP contribution < -0.4 is 10.3 Å². The van der Waals surface area contributed by atoms with E-state index in [9.17, 15) is 18.8 Å². The lowest BCUT2D eigenvalue weighted by atomic mass is 9.96. The Balaban J connectivity index is 1.18. The maximum atomic E-state index is 14.7. The first kappa shape index (κ1) is 24.5. The summed E-state index contributed by atoms with van der Waals surface area (Å²) < 4.78 is 26.0. The predicted molar refractivity (Wildman–Crippen MR) is 137 cm³/mol. The Hall–Kier alpha value is -3.79. The molecule has 2 amide bonds. The first-order valence-corrected chi connectivity index (χ1v) is 13.0. The Morgan fingerprint density at radius 1 is 1.16 bits per heavy atom. The molecule has 1 saturated carbocycles. The van der Waals surface area contributed by atoms with Gasteiger partial charge in [-0.1, -0.05) is 6.07 Å². The maximum Gasteiger partial charge on any atom is 0.272 e. The second kappa shape index (κ2) is 9.83. The second-order valence-corrected chi connectivity index (χ2v) is 10.3. The van der Waals surface area contributed by atoms with Crippen molar-refractivity contribution in [3.8, 4) is 5.75 Å². The fourth-order valence-corrected chi connectivity index (χ4v) is 5.00. The Labute approximate surface area is 218 Å². The van der Waals surface area contributed by atoms with Crippen molar-refractivity contribution in [1.82, 2.24) is 20.0 Å². The number of benzene rings is 2. The molecule has 0 bridgehead atoms. The van der Waals surface area contributed by atoms with Gasteiger partial charge in [0.15, 0.2) is 0 Å². The molecule has 38 heavy (non-hydrogen) atoms. The number of carbonyl (C=O) groups excluding carboxylic acids is 2. The number of ether oxygens (including phenoxy) is 2. The van der Waals surface area contributed by atoms with Gasteiger partial charge in [0, 0.05) is 38.4 Å². The summed E-state index contributed by atoms with van der Waals surface area (Å²) in [5, 5.41) is 7.95. The molecule has 10 heteroatoms. The van der Waals surface area contributed by atoms with E-state index in [-0.39, 0.29) is 29.2 Å². The van der Waals surface area contributed by atoms with Gasteiger partial charge in [-0.25, -0.2) is 9.49 Å². The summed E-state index contributed by atoms with van der Waals surface area (Å²) in [4.78, 5) is 41.0. The van der Waals surface area contributed by atoms with Gasteiger partial charge in [0.1, 0.15) is 17.7 Å². The number of likely N-dealkylation sites (N-methyl/N-ethyl adjacent to an activating group) is 1. The second-order valence-electron chi connectivity index (χ2n) is 10.3. The van der Waals surface area contributed by atoms with Crippen LogP contribution in [0.3, 0.4) is 0 Å². The molecule has 1 atom stereocenters. The van der Waals surface area contributed by atoms with Gasteiger partial charge in [-0.15, -0.1) is 0 Å². The van der Waals surface area contributed by atoms with Gasteiger partial charge in [-0.2, -0.15) is 5.10 Å². The van der Waals surface area contributed by atoms with E-state index in [1.54, 1.807) is 30.1 Å². The summed E-state index contributed by atoms with van der Waals surface area (Å²) in [7, 11) is 1.71. The third kappa shape index (κ3) is 4.53. The average Bonchev–Trinajstić information content (AvgIpc) is 2.82. The van der Waals surface area contributed by atoms with Crippen LogP contribution in [0.25, 0.3) is 10.8 Å². The predicted octanol–water partition coefficient (Wildman–Crippen LogP) is 2.66. The molecule has 1 aromatic heterocycles. The summed E-state index contributed by atoms with van der Waals surface area (Å²) >= 11 is 0. The van der Waals surface area contributed by atoms with E-state index in [1.165, 1.54) is 17.0 Å². The molecule has 6 rings (SSSR count). The minimum absolute atomic E-state index is 0.0278. The number of likely N-dealkylation sites (tertiary alicyclic amines) is 1.